The molecule has 21 heavy (non-hydrogen) atoms. The van der Waals surface area contributed by atoms with Gasteiger partial charge in [-0.25, -0.2) is 4.39 Å². The largest absolute Gasteiger partial charge is 0.368 e. The van der Waals surface area contributed by atoms with Crippen molar-refractivity contribution in [3.8, 4) is 0 Å². The van der Waals surface area contributed by atoms with E-state index < -0.39 is 0 Å². The number of halogens is 1. The lowest BCUT2D eigenvalue weighted by Crippen LogP contribution is -2.53. The Balaban J connectivity index is 1.56. The fourth-order valence-electron chi connectivity index (χ4n) is 2.86. The molecule has 2 fully saturated rings. The smallest absolute Gasteiger partial charge is 0.245 e. The fraction of sp³-hybridized carbons (Fsp3) is 0.467. The van der Waals surface area contributed by atoms with Crippen LogP contribution in [0.25, 0.3) is 0 Å². The SMILES string of the molecule is O=C1CC[C@H](C(=O)N2CCN(c3ccc(F)cc3)CC2)N1. The average Bonchev–Trinajstić information content (AvgIpc) is 2.94. The van der Waals surface area contributed by atoms with Crippen LogP contribution in [0.15, 0.2) is 24.3 Å². The maximum Gasteiger partial charge on any atom is 0.245 e. The molecule has 1 N–H and O–H groups in total. The van der Waals surface area contributed by atoms with E-state index in [9.17, 15) is 14.0 Å². The lowest BCUT2D eigenvalue weighted by atomic mass is 10.1. The third-order valence-electron chi connectivity index (χ3n) is 4.08. The molecule has 0 saturated carbocycles. The molecule has 5 nitrogen and oxygen atoms in total. The molecule has 0 radical (unpaired) electrons. The first kappa shape index (κ1) is 13.9. The highest BCUT2D eigenvalue weighted by Gasteiger charge is 2.32. The molecule has 0 unspecified atom stereocenters. The van der Waals surface area contributed by atoms with Gasteiger partial charge in [-0.3, -0.25) is 9.59 Å². The molecule has 2 aliphatic rings. The molecule has 0 spiro atoms. The van der Waals surface area contributed by atoms with Crippen LogP contribution in [-0.2, 0) is 9.59 Å². The van der Waals surface area contributed by atoms with Crippen molar-refractivity contribution in [3.05, 3.63) is 30.1 Å². The van der Waals surface area contributed by atoms with Crippen molar-refractivity contribution in [1.29, 1.82) is 0 Å². The summed E-state index contributed by atoms with van der Waals surface area (Å²) in [5.41, 5.74) is 0.970. The van der Waals surface area contributed by atoms with Crippen LogP contribution in [0.1, 0.15) is 12.8 Å². The summed E-state index contributed by atoms with van der Waals surface area (Å²) < 4.78 is 12.9. The molecule has 0 aromatic heterocycles. The Kier molecular flexibility index (Phi) is 3.77. The molecule has 3 rings (SSSR count). The Hall–Kier alpha value is -2.11. The van der Waals surface area contributed by atoms with E-state index in [1.807, 2.05) is 0 Å². The minimum Gasteiger partial charge on any atom is -0.368 e. The molecule has 1 aromatic carbocycles. The van der Waals surface area contributed by atoms with Crippen molar-refractivity contribution in [2.75, 3.05) is 31.1 Å². The molecular weight excluding hydrogens is 273 g/mol. The van der Waals surface area contributed by atoms with E-state index >= 15 is 0 Å². The highest BCUT2D eigenvalue weighted by atomic mass is 19.1. The molecule has 0 bridgehead atoms. The molecule has 0 aliphatic carbocycles. The summed E-state index contributed by atoms with van der Waals surface area (Å²) in [4.78, 5) is 27.4. The molecule has 112 valence electrons. The van der Waals surface area contributed by atoms with Gasteiger partial charge in [0, 0.05) is 38.3 Å². The minimum atomic E-state index is -0.352. The molecule has 6 heteroatoms. The number of carbonyl (C=O) groups is 2. The van der Waals surface area contributed by atoms with Crippen molar-refractivity contribution in [1.82, 2.24) is 10.2 Å². The van der Waals surface area contributed by atoms with E-state index in [4.69, 9.17) is 0 Å². The molecule has 2 amide bonds. The lowest BCUT2D eigenvalue weighted by molar-refractivity contribution is -0.134. The molecular formula is C15H18FN3O2. The standard InChI is InChI=1S/C15H18FN3O2/c16-11-1-3-12(4-2-11)18-7-9-19(10-8-18)15(21)13-5-6-14(20)17-13/h1-4,13H,5-10H2,(H,17,20)/t13-/m1/s1. The summed E-state index contributed by atoms with van der Waals surface area (Å²) >= 11 is 0. The molecule has 2 saturated heterocycles. The summed E-state index contributed by atoms with van der Waals surface area (Å²) in [6.45, 7) is 2.70. The Morgan fingerprint density at radius 2 is 1.81 bits per heavy atom. The number of piperazine rings is 1. The average molecular weight is 291 g/mol. The minimum absolute atomic E-state index is 0.0135. The number of hydrogen-bond acceptors (Lipinski definition) is 3. The van der Waals surface area contributed by atoms with E-state index in [1.54, 1.807) is 17.0 Å². The van der Waals surface area contributed by atoms with Gasteiger partial charge >= 0.3 is 0 Å². The highest BCUT2D eigenvalue weighted by molar-refractivity contribution is 5.90. The van der Waals surface area contributed by atoms with E-state index in [0.717, 1.165) is 18.8 Å². The Bertz CT molecular complexity index is 538. The zero-order valence-electron chi connectivity index (χ0n) is 11.7. The van der Waals surface area contributed by atoms with Crippen LogP contribution in [0.3, 0.4) is 0 Å². The van der Waals surface area contributed by atoms with Gasteiger partial charge in [0.05, 0.1) is 0 Å². The second-order valence-corrected chi connectivity index (χ2v) is 5.45. The van der Waals surface area contributed by atoms with Crippen LogP contribution < -0.4 is 10.2 Å². The van der Waals surface area contributed by atoms with Gasteiger partial charge < -0.3 is 15.1 Å². The third-order valence-corrected chi connectivity index (χ3v) is 4.08. The van der Waals surface area contributed by atoms with Gasteiger partial charge in [-0.1, -0.05) is 0 Å². The first-order chi connectivity index (χ1) is 10.1. The molecule has 2 heterocycles. The van der Waals surface area contributed by atoms with Gasteiger partial charge in [0.2, 0.25) is 11.8 Å². The number of rotatable bonds is 2. The normalized spacial score (nSPS) is 22.3. The zero-order valence-corrected chi connectivity index (χ0v) is 11.7. The van der Waals surface area contributed by atoms with Gasteiger partial charge in [0.1, 0.15) is 11.9 Å². The topological polar surface area (TPSA) is 52.7 Å². The van der Waals surface area contributed by atoms with Crippen molar-refractivity contribution < 1.29 is 14.0 Å². The number of nitrogens with one attached hydrogen (secondary N) is 1. The number of hydrogen-bond donors (Lipinski definition) is 1. The third kappa shape index (κ3) is 2.99. The van der Waals surface area contributed by atoms with E-state index in [2.05, 4.69) is 10.2 Å². The van der Waals surface area contributed by atoms with E-state index in [-0.39, 0.29) is 23.7 Å². The van der Waals surface area contributed by atoms with Crippen LogP contribution in [0.2, 0.25) is 0 Å². The van der Waals surface area contributed by atoms with Gasteiger partial charge in [-0.05, 0) is 30.7 Å². The first-order valence-electron chi connectivity index (χ1n) is 7.22. The van der Waals surface area contributed by atoms with Crippen molar-refractivity contribution in [3.63, 3.8) is 0 Å². The van der Waals surface area contributed by atoms with Crippen molar-refractivity contribution in [2.24, 2.45) is 0 Å². The van der Waals surface area contributed by atoms with Crippen LogP contribution >= 0.6 is 0 Å². The predicted molar refractivity (Wildman–Crippen MR) is 76.4 cm³/mol. The van der Waals surface area contributed by atoms with Gasteiger partial charge in [0.15, 0.2) is 0 Å². The zero-order chi connectivity index (χ0) is 14.8. The Morgan fingerprint density at radius 3 is 2.38 bits per heavy atom. The summed E-state index contributed by atoms with van der Waals surface area (Å²) in [7, 11) is 0. The summed E-state index contributed by atoms with van der Waals surface area (Å²) in [6, 6.07) is 6.05. The Labute approximate surface area is 122 Å². The number of nitrogens with zero attached hydrogens (tertiary/aromatic N) is 2. The summed E-state index contributed by atoms with van der Waals surface area (Å²) in [5.74, 6) is -0.276. The molecule has 1 atom stereocenters. The second kappa shape index (κ2) is 5.71. The number of carbonyl (C=O) groups excluding carboxylic acids is 2. The Morgan fingerprint density at radius 1 is 1.14 bits per heavy atom. The van der Waals surface area contributed by atoms with Crippen molar-refractivity contribution >= 4 is 17.5 Å². The van der Waals surface area contributed by atoms with Gasteiger partial charge in [-0.2, -0.15) is 0 Å². The first-order valence-corrected chi connectivity index (χ1v) is 7.22. The molecule has 2 aliphatic heterocycles. The van der Waals surface area contributed by atoms with Crippen LogP contribution in [0.4, 0.5) is 10.1 Å². The van der Waals surface area contributed by atoms with Gasteiger partial charge in [-0.15, -0.1) is 0 Å². The second-order valence-electron chi connectivity index (χ2n) is 5.45. The van der Waals surface area contributed by atoms with E-state index in [0.29, 0.717) is 25.9 Å². The quantitative estimate of drug-likeness (QED) is 0.875. The fourth-order valence-corrected chi connectivity index (χ4v) is 2.86. The highest BCUT2D eigenvalue weighted by Crippen LogP contribution is 2.18. The maximum absolute atomic E-state index is 12.9. The summed E-state index contributed by atoms with van der Waals surface area (Å²) in [5, 5.41) is 2.71. The van der Waals surface area contributed by atoms with Crippen LogP contribution in [0.5, 0.6) is 0 Å². The maximum atomic E-state index is 12.9. The number of amides is 2. The van der Waals surface area contributed by atoms with Gasteiger partial charge in [0.25, 0.3) is 0 Å². The van der Waals surface area contributed by atoms with Crippen LogP contribution in [0, 0.1) is 5.82 Å². The number of anilines is 1. The summed E-state index contributed by atoms with van der Waals surface area (Å²) in [6.07, 6.45) is 1.03. The molecule has 1 aromatic rings. The predicted octanol–water partition coefficient (Wildman–Crippen LogP) is 0.753. The lowest BCUT2D eigenvalue weighted by Gasteiger charge is -2.37. The van der Waals surface area contributed by atoms with E-state index in [1.165, 1.54) is 12.1 Å². The van der Waals surface area contributed by atoms with Crippen LogP contribution in [-0.4, -0.2) is 48.9 Å². The van der Waals surface area contributed by atoms with Crippen molar-refractivity contribution in [2.45, 2.75) is 18.9 Å². The monoisotopic (exact) mass is 291 g/mol. The number of benzene rings is 1.